The van der Waals surface area contributed by atoms with E-state index < -0.39 is 0 Å². The molecule has 1 N–H and O–H groups in total. The van der Waals surface area contributed by atoms with Crippen LogP contribution in [0.15, 0.2) is 22.6 Å². The molecule has 38 heavy (non-hydrogen) atoms. The molecule has 2 amide bonds. The molecule has 2 unspecified atom stereocenters. The molecule has 2 aromatic rings. The third-order valence-corrected chi connectivity index (χ3v) is 9.73. The van der Waals surface area contributed by atoms with Crippen molar-refractivity contribution in [3.05, 3.63) is 23.8 Å². The normalized spacial score (nSPS) is 31.0. The highest BCUT2D eigenvalue weighted by atomic mass is 16.4. The van der Waals surface area contributed by atoms with Crippen LogP contribution in [0.2, 0.25) is 0 Å². The van der Waals surface area contributed by atoms with E-state index in [9.17, 15) is 9.59 Å². The summed E-state index contributed by atoms with van der Waals surface area (Å²) in [5, 5.41) is 3.33. The highest BCUT2D eigenvalue weighted by Crippen LogP contribution is 2.34. The zero-order valence-corrected chi connectivity index (χ0v) is 23.2. The first-order valence-corrected chi connectivity index (χ1v) is 14.9. The summed E-state index contributed by atoms with van der Waals surface area (Å²) in [7, 11) is 2.23. The number of nitrogens with zero attached hydrogens (tertiary/aromatic N) is 4. The van der Waals surface area contributed by atoms with Gasteiger partial charge in [0.2, 0.25) is 5.91 Å². The summed E-state index contributed by atoms with van der Waals surface area (Å²) in [5.74, 6) is 0.439. The Morgan fingerprint density at radius 2 is 1.63 bits per heavy atom. The molecule has 3 aliphatic heterocycles. The number of hydrogen-bond acceptors (Lipinski definition) is 6. The summed E-state index contributed by atoms with van der Waals surface area (Å²) in [5.41, 5.74) is 1.83. The molecule has 1 aliphatic carbocycles. The van der Waals surface area contributed by atoms with Crippen LogP contribution in [-0.4, -0.2) is 76.9 Å². The van der Waals surface area contributed by atoms with Crippen LogP contribution in [0.3, 0.4) is 0 Å². The van der Waals surface area contributed by atoms with Gasteiger partial charge in [0.05, 0.1) is 5.56 Å². The molecule has 3 saturated heterocycles. The van der Waals surface area contributed by atoms with Crippen molar-refractivity contribution in [2.24, 2.45) is 5.92 Å². The fourth-order valence-electron chi connectivity index (χ4n) is 7.71. The lowest BCUT2D eigenvalue weighted by Crippen LogP contribution is -2.59. The first kappa shape index (κ1) is 25.7. The van der Waals surface area contributed by atoms with Crippen molar-refractivity contribution in [2.45, 2.75) is 108 Å². The molecule has 0 radical (unpaired) electrons. The van der Waals surface area contributed by atoms with Crippen molar-refractivity contribution >= 4 is 28.9 Å². The van der Waals surface area contributed by atoms with E-state index in [1.54, 1.807) is 0 Å². The second-order valence-corrected chi connectivity index (χ2v) is 12.4. The van der Waals surface area contributed by atoms with E-state index in [1.165, 1.54) is 38.5 Å². The number of para-hydroxylation sites is 1. The van der Waals surface area contributed by atoms with Crippen LogP contribution < -0.4 is 10.2 Å². The second kappa shape index (κ2) is 10.5. The summed E-state index contributed by atoms with van der Waals surface area (Å²) >= 11 is 0. The first-order valence-electron chi connectivity index (χ1n) is 14.9. The number of aromatic nitrogens is 1. The Morgan fingerprint density at radius 1 is 0.947 bits per heavy atom. The minimum atomic E-state index is -0.0629. The molecule has 1 aromatic carbocycles. The summed E-state index contributed by atoms with van der Waals surface area (Å²) < 4.78 is 6.24. The van der Waals surface area contributed by atoms with Gasteiger partial charge in [0.15, 0.2) is 5.58 Å². The van der Waals surface area contributed by atoms with Gasteiger partial charge in [-0.2, -0.15) is 4.98 Å². The summed E-state index contributed by atoms with van der Waals surface area (Å²) in [6.07, 6.45) is 11.4. The number of piperazine rings is 1. The van der Waals surface area contributed by atoms with E-state index in [0.29, 0.717) is 53.8 Å². The maximum absolute atomic E-state index is 13.4. The standard InChI is InChI=1S/C30H43N5O3/c1-19-17-34(29(37)21-9-5-4-6-10-21)18-20(2)35(19)30-32-27-25(13-8-14-26(27)38-30)28(36)31-22-15-23-11-7-12-24(16-22)33(23)3/h8,13-14,19-24H,4-7,9-12,15-18H2,1-3H3,(H,31,36)/t19-,20-,22?,23?,24?/m0/s1. The molecule has 6 rings (SSSR count). The number of carbonyl (C=O) groups is 2. The quantitative estimate of drug-likeness (QED) is 0.634. The monoisotopic (exact) mass is 521 g/mol. The molecular formula is C30H43N5O3. The van der Waals surface area contributed by atoms with Crippen molar-refractivity contribution in [2.75, 3.05) is 25.0 Å². The first-order chi connectivity index (χ1) is 18.4. The Hall–Kier alpha value is -2.61. The number of hydrogen-bond donors (Lipinski definition) is 1. The van der Waals surface area contributed by atoms with Crippen molar-refractivity contribution in [3.8, 4) is 0 Å². The molecule has 4 aliphatic rings. The molecule has 4 fully saturated rings. The van der Waals surface area contributed by atoms with Gasteiger partial charge in [-0.1, -0.05) is 31.7 Å². The van der Waals surface area contributed by atoms with E-state index in [0.717, 1.165) is 25.7 Å². The lowest BCUT2D eigenvalue weighted by atomic mass is 9.82. The van der Waals surface area contributed by atoms with Crippen LogP contribution in [0.25, 0.3) is 11.1 Å². The van der Waals surface area contributed by atoms with Gasteiger partial charge < -0.3 is 24.4 Å². The molecule has 1 saturated carbocycles. The molecular weight excluding hydrogens is 478 g/mol. The maximum atomic E-state index is 13.4. The Labute approximate surface area is 226 Å². The molecule has 206 valence electrons. The van der Waals surface area contributed by atoms with Gasteiger partial charge in [0, 0.05) is 49.2 Å². The zero-order valence-electron chi connectivity index (χ0n) is 23.2. The average molecular weight is 522 g/mol. The zero-order chi connectivity index (χ0) is 26.4. The van der Waals surface area contributed by atoms with Crippen LogP contribution in [0.4, 0.5) is 6.01 Å². The third kappa shape index (κ3) is 4.80. The van der Waals surface area contributed by atoms with E-state index in [-0.39, 0.29) is 30.0 Å². The van der Waals surface area contributed by atoms with Crippen molar-refractivity contribution in [1.82, 2.24) is 20.1 Å². The van der Waals surface area contributed by atoms with Crippen LogP contribution in [0, 0.1) is 5.92 Å². The van der Waals surface area contributed by atoms with Gasteiger partial charge in [-0.15, -0.1) is 0 Å². The molecule has 1 aromatic heterocycles. The second-order valence-electron chi connectivity index (χ2n) is 12.4. The fraction of sp³-hybridized carbons (Fsp3) is 0.700. The van der Waals surface area contributed by atoms with Gasteiger partial charge in [-0.25, -0.2) is 0 Å². The van der Waals surface area contributed by atoms with E-state index in [4.69, 9.17) is 9.40 Å². The summed E-state index contributed by atoms with van der Waals surface area (Å²) in [4.78, 5) is 38.3. The highest BCUT2D eigenvalue weighted by molar-refractivity contribution is 6.04. The molecule has 8 nitrogen and oxygen atoms in total. The number of rotatable bonds is 4. The van der Waals surface area contributed by atoms with Gasteiger partial charge >= 0.3 is 0 Å². The SMILES string of the molecule is C[C@H]1CN(C(=O)C2CCCCC2)C[C@H](C)N1c1nc2c(C(=O)NC3CC4CCCC(C3)N4C)cccc2o1. The van der Waals surface area contributed by atoms with Crippen molar-refractivity contribution in [1.29, 1.82) is 0 Å². The molecule has 2 bridgehead atoms. The number of piperidine rings is 2. The predicted molar refractivity (Wildman–Crippen MR) is 148 cm³/mol. The predicted octanol–water partition coefficient (Wildman–Crippen LogP) is 4.58. The van der Waals surface area contributed by atoms with Gasteiger partial charge in [-0.3, -0.25) is 9.59 Å². The Balaban J connectivity index is 1.17. The maximum Gasteiger partial charge on any atom is 0.299 e. The average Bonchev–Trinajstić information content (AvgIpc) is 3.32. The van der Waals surface area contributed by atoms with Crippen molar-refractivity contribution < 1.29 is 14.0 Å². The minimum Gasteiger partial charge on any atom is -0.423 e. The van der Waals surface area contributed by atoms with Crippen LogP contribution in [0.5, 0.6) is 0 Å². The smallest absolute Gasteiger partial charge is 0.299 e. The number of anilines is 1. The highest BCUT2D eigenvalue weighted by Gasteiger charge is 2.38. The largest absolute Gasteiger partial charge is 0.423 e. The van der Waals surface area contributed by atoms with Crippen molar-refractivity contribution in [3.63, 3.8) is 0 Å². The van der Waals surface area contributed by atoms with Crippen LogP contribution in [0.1, 0.15) is 88.4 Å². The lowest BCUT2D eigenvalue weighted by molar-refractivity contribution is -0.137. The van der Waals surface area contributed by atoms with Crippen LogP contribution in [-0.2, 0) is 4.79 Å². The van der Waals surface area contributed by atoms with Crippen LogP contribution >= 0.6 is 0 Å². The summed E-state index contributed by atoms with van der Waals surface area (Å²) in [6, 6.07) is 7.65. The Bertz CT molecular complexity index is 1150. The number of carbonyl (C=O) groups excluding carboxylic acids is 2. The lowest BCUT2D eigenvalue weighted by Gasteiger charge is -2.47. The van der Waals surface area contributed by atoms with E-state index in [1.807, 2.05) is 18.2 Å². The molecule has 0 spiro atoms. The topological polar surface area (TPSA) is 81.9 Å². The minimum absolute atomic E-state index is 0.0629. The molecule has 4 atom stereocenters. The third-order valence-electron chi connectivity index (χ3n) is 9.73. The van der Waals surface area contributed by atoms with Gasteiger partial charge in [0.25, 0.3) is 11.9 Å². The van der Waals surface area contributed by atoms with E-state index in [2.05, 4.69) is 40.9 Å². The molecule has 4 heterocycles. The number of nitrogens with one attached hydrogen (secondary N) is 1. The molecule has 8 heteroatoms. The number of fused-ring (bicyclic) bond motifs is 3. The van der Waals surface area contributed by atoms with E-state index >= 15 is 0 Å². The number of oxazole rings is 1. The van der Waals surface area contributed by atoms with Gasteiger partial charge in [0.1, 0.15) is 5.52 Å². The fourth-order valence-corrected chi connectivity index (χ4v) is 7.71. The van der Waals surface area contributed by atoms with Gasteiger partial charge in [-0.05, 0) is 71.6 Å². The summed E-state index contributed by atoms with van der Waals surface area (Å²) in [6.45, 7) is 5.61. The number of benzene rings is 1. The Morgan fingerprint density at radius 3 is 2.32 bits per heavy atom. The number of amides is 2. The Kier molecular flexibility index (Phi) is 7.10.